The number of carbonyl (C=O) groups excluding carboxylic acids is 1. The summed E-state index contributed by atoms with van der Waals surface area (Å²) in [5, 5.41) is 3.09. The van der Waals surface area contributed by atoms with E-state index in [1.54, 1.807) is 0 Å². The molecule has 1 aliphatic rings. The van der Waals surface area contributed by atoms with E-state index in [0.717, 1.165) is 49.5 Å². The molecular weight excluding hydrogens is 310 g/mol. The number of nitrogens with one attached hydrogen (secondary N) is 1. The lowest BCUT2D eigenvalue weighted by molar-refractivity contribution is 0.143. The molecule has 1 aliphatic heterocycles. The van der Waals surface area contributed by atoms with Crippen LogP contribution in [-0.2, 0) is 6.54 Å². The van der Waals surface area contributed by atoms with Crippen LogP contribution in [0.4, 0.5) is 10.5 Å². The maximum absolute atomic E-state index is 12.6. The van der Waals surface area contributed by atoms with Crippen molar-refractivity contribution in [3.8, 4) is 0 Å². The zero-order valence-corrected chi connectivity index (χ0v) is 15.4. The van der Waals surface area contributed by atoms with Gasteiger partial charge in [-0.3, -0.25) is 4.90 Å². The van der Waals surface area contributed by atoms with E-state index in [1.165, 1.54) is 11.1 Å². The number of carbonyl (C=O) groups is 1. The maximum Gasteiger partial charge on any atom is 0.321 e. The van der Waals surface area contributed by atoms with Crippen LogP contribution in [0.5, 0.6) is 0 Å². The minimum Gasteiger partial charge on any atom is -0.322 e. The number of urea groups is 1. The van der Waals surface area contributed by atoms with Gasteiger partial charge in [0, 0.05) is 38.4 Å². The summed E-state index contributed by atoms with van der Waals surface area (Å²) < 4.78 is 0. The zero-order valence-electron chi connectivity index (χ0n) is 15.4. The molecule has 0 spiro atoms. The van der Waals surface area contributed by atoms with Crippen molar-refractivity contribution in [1.29, 1.82) is 0 Å². The number of anilines is 1. The average molecular weight is 337 g/mol. The molecule has 132 valence electrons. The molecule has 25 heavy (non-hydrogen) atoms. The van der Waals surface area contributed by atoms with Crippen LogP contribution in [-0.4, -0.2) is 42.0 Å². The molecular formula is C21H27N3O. The van der Waals surface area contributed by atoms with E-state index in [9.17, 15) is 4.79 Å². The molecule has 4 heteroatoms. The summed E-state index contributed by atoms with van der Waals surface area (Å²) in [7, 11) is 0. The highest BCUT2D eigenvalue weighted by molar-refractivity contribution is 5.91. The van der Waals surface area contributed by atoms with E-state index in [1.807, 2.05) is 36.9 Å². The van der Waals surface area contributed by atoms with Crippen molar-refractivity contribution in [2.45, 2.75) is 27.3 Å². The number of hydrogen-bond donors (Lipinski definition) is 1. The maximum atomic E-state index is 12.6. The van der Waals surface area contributed by atoms with Gasteiger partial charge in [-0.05, 0) is 37.5 Å². The minimum absolute atomic E-state index is 0.00684. The first-order valence-electron chi connectivity index (χ1n) is 8.93. The highest BCUT2D eigenvalue weighted by Gasteiger charge is 2.21. The Labute approximate surface area is 150 Å². The molecule has 3 rings (SSSR count). The van der Waals surface area contributed by atoms with Crippen molar-refractivity contribution in [1.82, 2.24) is 9.80 Å². The van der Waals surface area contributed by atoms with Crippen LogP contribution >= 0.6 is 0 Å². The molecule has 2 aromatic carbocycles. The second kappa shape index (κ2) is 7.70. The Hall–Kier alpha value is -2.33. The topological polar surface area (TPSA) is 35.6 Å². The molecule has 2 aromatic rings. The van der Waals surface area contributed by atoms with Crippen LogP contribution in [0, 0.1) is 20.8 Å². The van der Waals surface area contributed by atoms with Crippen molar-refractivity contribution in [3.63, 3.8) is 0 Å². The molecule has 0 unspecified atom stereocenters. The van der Waals surface area contributed by atoms with Crippen molar-refractivity contribution in [3.05, 3.63) is 64.7 Å². The molecule has 1 saturated heterocycles. The van der Waals surface area contributed by atoms with Gasteiger partial charge < -0.3 is 10.2 Å². The second-order valence-corrected chi connectivity index (χ2v) is 6.95. The predicted molar refractivity (Wildman–Crippen MR) is 103 cm³/mol. The Morgan fingerprint density at radius 1 is 0.920 bits per heavy atom. The molecule has 0 radical (unpaired) electrons. The van der Waals surface area contributed by atoms with Crippen LogP contribution < -0.4 is 5.32 Å². The molecule has 1 N–H and O–H groups in total. The summed E-state index contributed by atoms with van der Waals surface area (Å²) >= 11 is 0. The highest BCUT2D eigenvalue weighted by atomic mass is 16.2. The largest absolute Gasteiger partial charge is 0.322 e. The summed E-state index contributed by atoms with van der Waals surface area (Å²) in [6, 6.07) is 14.8. The number of hydrogen-bond acceptors (Lipinski definition) is 2. The SMILES string of the molecule is Cc1ccc(CN2CCN(C(=O)Nc3c(C)cccc3C)CC2)cc1. The Balaban J connectivity index is 1.53. The Bertz CT molecular complexity index is 711. The lowest BCUT2D eigenvalue weighted by Gasteiger charge is -2.35. The van der Waals surface area contributed by atoms with Crippen LogP contribution in [0.15, 0.2) is 42.5 Å². The second-order valence-electron chi connectivity index (χ2n) is 6.95. The van der Waals surface area contributed by atoms with E-state index in [0.29, 0.717) is 0 Å². The third-order valence-corrected chi connectivity index (χ3v) is 4.90. The smallest absolute Gasteiger partial charge is 0.321 e. The normalized spacial score (nSPS) is 15.2. The number of rotatable bonds is 3. The first kappa shape index (κ1) is 17.5. The molecule has 0 aliphatic carbocycles. The average Bonchev–Trinajstić information content (AvgIpc) is 2.61. The minimum atomic E-state index is 0.00684. The predicted octanol–water partition coefficient (Wildman–Crippen LogP) is 3.96. The van der Waals surface area contributed by atoms with E-state index in [4.69, 9.17) is 0 Å². The van der Waals surface area contributed by atoms with Crippen LogP contribution in [0.1, 0.15) is 22.3 Å². The number of aryl methyl sites for hydroxylation is 3. The monoisotopic (exact) mass is 337 g/mol. The fourth-order valence-corrected chi connectivity index (χ4v) is 3.26. The van der Waals surface area contributed by atoms with Gasteiger partial charge in [0.1, 0.15) is 0 Å². The van der Waals surface area contributed by atoms with Crippen LogP contribution in [0.25, 0.3) is 0 Å². The van der Waals surface area contributed by atoms with Crippen molar-refractivity contribution in [2.24, 2.45) is 0 Å². The molecule has 1 heterocycles. The summed E-state index contributed by atoms with van der Waals surface area (Å²) in [4.78, 5) is 16.9. The molecule has 4 nitrogen and oxygen atoms in total. The van der Waals surface area contributed by atoms with E-state index in [2.05, 4.69) is 41.4 Å². The number of nitrogens with zero attached hydrogens (tertiary/aromatic N) is 2. The summed E-state index contributed by atoms with van der Waals surface area (Å²) in [5.74, 6) is 0. The van der Waals surface area contributed by atoms with Gasteiger partial charge in [0.15, 0.2) is 0 Å². The molecule has 2 amide bonds. The van der Waals surface area contributed by atoms with Gasteiger partial charge in [0.05, 0.1) is 0 Å². The Morgan fingerprint density at radius 3 is 2.12 bits per heavy atom. The van der Waals surface area contributed by atoms with Crippen LogP contribution in [0.3, 0.4) is 0 Å². The van der Waals surface area contributed by atoms with E-state index < -0.39 is 0 Å². The van der Waals surface area contributed by atoms with Gasteiger partial charge >= 0.3 is 6.03 Å². The third-order valence-electron chi connectivity index (χ3n) is 4.90. The summed E-state index contributed by atoms with van der Waals surface area (Å²) in [5.41, 5.74) is 5.77. The van der Waals surface area contributed by atoms with E-state index >= 15 is 0 Å². The number of amides is 2. The molecule has 0 aromatic heterocycles. The first-order chi connectivity index (χ1) is 12.0. The fraction of sp³-hybridized carbons (Fsp3) is 0.381. The fourth-order valence-electron chi connectivity index (χ4n) is 3.26. The Kier molecular flexibility index (Phi) is 5.39. The lowest BCUT2D eigenvalue weighted by atomic mass is 10.1. The van der Waals surface area contributed by atoms with Gasteiger partial charge in [0.2, 0.25) is 0 Å². The van der Waals surface area contributed by atoms with Crippen molar-refractivity contribution in [2.75, 3.05) is 31.5 Å². The van der Waals surface area contributed by atoms with Gasteiger partial charge in [-0.1, -0.05) is 48.0 Å². The quantitative estimate of drug-likeness (QED) is 0.920. The van der Waals surface area contributed by atoms with Gasteiger partial charge in [-0.15, -0.1) is 0 Å². The number of piperazine rings is 1. The molecule has 0 bridgehead atoms. The summed E-state index contributed by atoms with van der Waals surface area (Å²) in [6.07, 6.45) is 0. The Morgan fingerprint density at radius 2 is 1.52 bits per heavy atom. The summed E-state index contributed by atoms with van der Waals surface area (Å²) in [6.45, 7) is 10.5. The third kappa shape index (κ3) is 4.40. The van der Waals surface area contributed by atoms with Gasteiger partial charge in [-0.25, -0.2) is 4.79 Å². The first-order valence-corrected chi connectivity index (χ1v) is 8.93. The van der Waals surface area contributed by atoms with E-state index in [-0.39, 0.29) is 6.03 Å². The van der Waals surface area contributed by atoms with Crippen LogP contribution in [0.2, 0.25) is 0 Å². The molecule has 0 saturated carbocycles. The molecule has 0 atom stereocenters. The zero-order chi connectivity index (χ0) is 17.8. The highest BCUT2D eigenvalue weighted by Crippen LogP contribution is 2.20. The number of benzene rings is 2. The van der Waals surface area contributed by atoms with Crippen molar-refractivity contribution < 1.29 is 4.79 Å². The lowest BCUT2D eigenvalue weighted by Crippen LogP contribution is -2.49. The van der Waals surface area contributed by atoms with Gasteiger partial charge in [0.25, 0.3) is 0 Å². The van der Waals surface area contributed by atoms with Gasteiger partial charge in [-0.2, -0.15) is 0 Å². The standard InChI is InChI=1S/C21H27N3O/c1-16-7-9-19(10-8-16)15-23-11-13-24(14-12-23)21(25)22-20-17(2)5-4-6-18(20)3/h4-10H,11-15H2,1-3H3,(H,22,25). The molecule has 1 fully saturated rings. The van der Waals surface area contributed by atoms with Crippen molar-refractivity contribution >= 4 is 11.7 Å². The number of para-hydroxylation sites is 1.